The van der Waals surface area contributed by atoms with Gasteiger partial charge in [0.2, 0.25) is 5.91 Å². The summed E-state index contributed by atoms with van der Waals surface area (Å²) in [4.78, 5) is 24.2. The van der Waals surface area contributed by atoms with Gasteiger partial charge in [-0.3, -0.25) is 19.8 Å². The van der Waals surface area contributed by atoms with Crippen molar-refractivity contribution in [2.75, 3.05) is 26.7 Å². The number of rotatable bonds is 7. The summed E-state index contributed by atoms with van der Waals surface area (Å²) in [5.74, 6) is 0.0796. The van der Waals surface area contributed by atoms with Crippen molar-refractivity contribution in [1.29, 1.82) is 0 Å². The van der Waals surface area contributed by atoms with Gasteiger partial charge in [0.25, 0.3) is 5.69 Å². The molecule has 1 amide bonds. The van der Waals surface area contributed by atoms with Crippen molar-refractivity contribution in [2.24, 2.45) is 11.7 Å². The van der Waals surface area contributed by atoms with Crippen molar-refractivity contribution < 1.29 is 9.72 Å². The van der Waals surface area contributed by atoms with Crippen molar-refractivity contribution in [3.8, 4) is 0 Å². The number of nitro benzene ring substituents is 1. The van der Waals surface area contributed by atoms with Crippen LogP contribution < -0.4 is 11.1 Å². The molecule has 0 aromatic heterocycles. The second-order valence-electron chi connectivity index (χ2n) is 6.08. The Labute approximate surface area is 148 Å². The molecular weight excluding hydrogens is 332 g/mol. The van der Waals surface area contributed by atoms with E-state index in [1.165, 1.54) is 12.5 Å². The maximum Gasteiger partial charge on any atom is 0.274 e. The van der Waals surface area contributed by atoms with Gasteiger partial charge in [-0.05, 0) is 57.9 Å². The third kappa shape index (κ3) is 5.43. The average molecular weight is 357 g/mol. The molecule has 1 saturated heterocycles. The Hall–Kier alpha value is -1.70. The molecule has 8 heteroatoms. The number of primary amides is 1. The number of amides is 1. The van der Waals surface area contributed by atoms with Crippen molar-refractivity contribution in [2.45, 2.75) is 25.8 Å². The fraction of sp³-hybridized carbons (Fsp3) is 0.562. The van der Waals surface area contributed by atoms with Crippen molar-refractivity contribution in [1.82, 2.24) is 10.2 Å². The third-order valence-corrected chi connectivity index (χ3v) is 4.47. The van der Waals surface area contributed by atoms with E-state index in [-0.39, 0.29) is 23.7 Å². The minimum absolute atomic E-state index is 0. The van der Waals surface area contributed by atoms with Gasteiger partial charge in [0.05, 0.1) is 4.92 Å². The molecule has 1 aromatic carbocycles. The zero-order valence-electron chi connectivity index (χ0n) is 13.9. The van der Waals surface area contributed by atoms with Gasteiger partial charge in [0.1, 0.15) is 0 Å². The zero-order chi connectivity index (χ0) is 16.8. The topological polar surface area (TPSA) is 102 Å². The highest BCUT2D eigenvalue weighted by Gasteiger charge is 2.22. The van der Waals surface area contributed by atoms with Crippen molar-refractivity contribution >= 4 is 24.0 Å². The Kier molecular flexibility index (Phi) is 8.10. The predicted molar refractivity (Wildman–Crippen MR) is 95.4 cm³/mol. The van der Waals surface area contributed by atoms with E-state index in [1.54, 1.807) is 12.1 Å². The number of likely N-dealkylation sites (tertiary alicyclic amines) is 1. The Bertz CT molecular complexity index is 574. The van der Waals surface area contributed by atoms with Gasteiger partial charge in [-0.1, -0.05) is 6.07 Å². The maximum atomic E-state index is 11.2. The Morgan fingerprint density at radius 2 is 2.08 bits per heavy atom. The number of piperidine rings is 1. The van der Waals surface area contributed by atoms with Crippen molar-refractivity contribution in [3.05, 3.63) is 39.4 Å². The van der Waals surface area contributed by atoms with E-state index < -0.39 is 10.8 Å². The largest absolute Gasteiger partial charge is 0.366 e. The summed E-state index contributed by atoms with van der Waals surface area (Å²) in [6.45, 7) is 3.46. The molecule has 0 bridgehead atoms. The fourth-order valence-corrected chi connectivity index (χ4v) is 3.04. The van der Waals surface area contributed by atoms with Gasteiger partial charge in [-0.25, -0.2) is 0 Å². The van der Waals surface area contributed by atoms with Crippen LogP contribution in [0.2, 0.25) is 0 Å². The molecule has 0 saturated carbocycles. The van der Waals surface area contributed by atoms with E-state index in [0.717, 1.165) is 38.4 Å². The number of halogens is 1. The molecule has 24 heavy (non-hydrogen) atoms. The van der Waals surface area contributed by atoms with E-state index >= 15 is 0 Å². The normalized spacial score (nSPS) is 15.7. The molecule has 0 unspecified atom stereocenters. The van der Waals surface area contributed by atoms with Crippen LogP contribution in [0.5, 0.6) is 0 Å². The molecule has 0 radical (unpaired) electrons. The summed E-state index contributed by atoms with van der Waals surface area (Å²) in [5, 5.41) is 14.4. The van der Waals surface area contributed by atoms with Crippen LogP contribution in [0.25, 0.3) is 0 Å². The number of nitrogens with zero attached hydrogens (tertiary/aromatic N) is 2. The first-order chi connectivity index (χ1) is 11.0. The second-order valence-corrected chi connectivity index (χ2v) is 6.08. The summed E-state index contributed by atoms with van der Waals surface area (Å²) >= 11 is 0. The molecule has 134 valence electrons. The van der Waals surface area contributed by atoms with Crippen LogP contribution in [-0.2, 0) is 6.54 Å². The van der Waals surface area contributed by atoms with Crippen LogP contribution in [0.4, 0.5) is 5.69 Å². The van der Waals surface area contributed by atoms with Crippen LogP contribution in [0.3, 0.4) is 0 Å². The van der Waals surface area contributed by atoms with Crippen molar-refractivity contribution in [3.63, 3.8) is 0 Å². The molecule has 2 rings (SSSR count). The van der Waals surface area contributed by atoms with Gasteiger partial charge < -0.3 is 11.1 Å². The molecule has 0 atom stereocenters. The van der Waals surface area contributed by atoms with Crippen LogP contribution >= 0.6 is 12.4 Å². The summed E-state index contributed by atoms with van der Waals surface area (Å²) in [6, 6.07) is 4.48. The summed E-state index contributed by atoms with van der Waals surface area (Å²) in [7, 11) is 1.96. The second kappa shape index (κ2) is 9.56. The molecular formula is C16H25ClN4O3. The van der Waals surface area contributed by atoms with E-state index in [9.17, 15) is 14.9 Å². The first kappa shape index (κ1) is 20.3. The predicted octanol–water partition coefficient (Wildman–Crippen LogP) is 1.94. The van der Waals surface area contributed by atoms with Gasteiger partial charge in [0.15, 0.2) is 0 Å². The number of benzene rings is 1. The molecule has 1 heterocycles. The Balaban J connectivity index is 0.00000288. The molecule has 1 aliphatic rings. The molecule has 0 aliphatic carbocycles. The molecule has 3 N–H and O–H groups in total. The maximum absolute atomic E-state index is 11.2. The number of carbonyl (C=O) groups excluding carboxylic acids is 1. The number of nitrogens with one attached hydrogen (secondary N) is 1. The Morgan fingerprint density at radius 3 is 2.62 bits per heavy atom. The number of hydrogen-bond acceptors (Lipinski definition) is 5. The van der Waals surface area contributed by atoms with E-state index in [0.29, 0.717) is 12.1 Å². The SMILES string of the molecule is CNCCC1CCN(Cc2ccc(C(N)=O)cc2[N+](=O)[O-])CC1.Cl. The third-order valence-electron chi connectivity index (χ3n) is 4.47. The van der Waals surface area contributed by atoms with E-state index in [1.807, 2.05) is 7.05 Å². The van der Waals surface area contributed by atoms with Gasteiger partial charge in [0, 0.05) is 23.7 Å². The highest BCUT2D eigenvalue weighted by Crippen LogP contribution is 2.25. The zero-order valence-corrected chi connectivity index (χ0v) is 14.7. The number of carbonyl (C=O) groups is 1. The standard InChI is InChI=1S/C16H24N4O3.ClH/c1-18-7-4-12-5-8-19(9-6-12)11-14-3-2-13(16(17)21)10-15(14)20(22)23;/h2-3,10,12,18H,4-9,11H2,1H3,(H2,17,21);1H. The number of nitrogens with two attached hydrogens (primary N) is 1. The molecule has 1 aromatic rings. The molecule has 1 fully saturated rings. The molecule has 0 spiro atoms. The van der Waals surface area contributed by atoms with Crippen LogP contribution in [0.15, 0.2) is 18.2 Å². The summed E-state index contributed by atoms with van der Waals surface area (Å²) in [6.07, 6.45) is 3.42. The van der Waals surface area contributed by atoms with Gasteiger partial charge in [-0.2, -0.15) is 0 Å². The van der Waals surface area contributed by atoms with Crippen LogP contribution in [0.1, 0.15) is 35.2 Å². The quantitative estimate of drug-likeness (QED) is 0.574. The van der Waals surface area contributed by atoms with Gasteiger partial charge in [-0.15, -0.1) is 12.4 Å². The van der Waals surface area contributed by atoms with Crippen LogP contribution in [-0.4, -0.2) is 42.4 Å². The average Bonchev–Trinajstić information content (AvgIpc) is 2.54. The lowest BCUT2D eigenvalue weighted by atomic mass is 9.93. The van der Waals surface area contributed by atoms with E-state index in [4.69, 9.17) is 5.73 Å². The molecule has 1 aliphatic heterocycles. The fourth-order valence-electron chi connectivity index (χ4n) is 3.04. The lowest BCUT2D eigenvalue weighted by molar-refractivity contribution is -0.385. The minimum Gasteiger partial charge on any atom is -0.366 e. The molecule has 7 nitrogen and oxygen atoms in total. The first-order valence-electron chi connectivity index (χ1n) is 7.95. The number of hydrogen-bond donors (Lipinski definition) is 2. The summed E-state index contributed by atoms with van der Waals surface area (Å²) < 4.78 is 0. The van der Waals surface area contributed by atoms with E-state index in [2.05, 4.69) is 10.2 Å². The smallest absolute Gasteiger partial charge is 0.274 e. The lowest BCUT2D eigenvalue weighted by Crippen LogP contribution is -2.34. The highest BCUT2D eigenvalue weighted by molar-refractivity contribution is 5.93. The monoisotopic (exact) mass is 356 g/mol. The summed E-state index contributed by atoms with van der Waals surface area (Å²) in [5.41, 5.74) is 5.97. The highest BCUT2D eigenvalue weighted by atomic mass is 35.5. The first-order valence-corrected chi connectivity index (χ1v) is 7.95. The number of nitro groups is 1. The van der Waals surface area contributed by atoms with Crippen LogP contribution in [0, 0.1) is 16.0 Å². The minimum atomic E-state index is -0.648. The Morgan fingerprint density at radius 1 is 1.42 bits per heavy atom. The lowest BCUT2D eigenvalue weighted by Gasteiger charge is -2.31. The van der Waals surface area contributed by atoms with Gasteiger partial charge >= 0.3 is 0 Å².